The Hall–Kier alpha value is -0.540. The molecule has 1 aromatic rings. The van der Waals surface area contributed by atoms with Crippen LogP contribution in [0.15, 0.2) is 22.7 Å². The fraction of sp³-hybridized carbons (Fsp3) is 0.300. The molecule has 0 N–H and O–H groups in total. The topological polar surface area (TPSA) is 26.3 Å². The van der Waals surface area contributed by atoms with Gasteiger partial charge in [0.2, 0.25) is 0 Å². The van der Waals surface area contributed by atoms with E-state index >= 15 is 0 Å². The molecule has 0 radical (unpaired) electrons. The van der Waals surface area contributed by atoms with Crippen molar-refractivity contribution in [2.75, 3.05) is 12.5 Å². The van der Waals surface area contributed by atoms with Crippen molar-refractivity contribution in [2.24, 2.45) is 0 Å². The number of rotatable bonds is 5. The van der Waals surface area contributed by atoms with E-state index in [1.54, 1.807) is 12.1 Å². The average molecular weight is 278 g/mol. The Kier molecular flexibility index (Phi) is 4.98. The molecule has 0 aliphatic rings. The third-order valence-corrected chi connectivity index (χ3v) is 2.54. The van der Waals surface area contributed by atoms with Gasteiger partial charge in [-0.05, 0) is 34.5 Å². The van der Waals surface area contributed by atoms with Gasteiger partial charge in [-0.15, -0.1) is 11.6 Å². The van der Waals surface area contributed by atoms with Gasteiger partial charge in [0.15, 0.2) is 6.29 Å². The van der Waals surface area contributed by atoms with Gasteiger partial charge < -0.3 is 4.74 Å². The Morgan fingerprint density at radius 1 is 1.50 bits per heavy atom. The summed E-state index contributed by atoms with van der Waals surface area (Å²) in [6.07, 6.45) is 1.54. The van der Waals surface area contributed by atoms with Crippen molar-refractivity contribution in [2.45, 2.75) is 6.42 Å². The summed E-state index contributed by atoms with van der Waals surface area (Å²) in [5.74, 6) is 1.15. The second kappa shape index (κ2) is 6.04. The third kappa shape index (κ3) is 3.00. The molecular formula is C10H10BrClO2. The third-order valence-electron chi connectivity index (χ3n) is 1.65. The van der Waals surface area contributed by atoms with Gasteiger partial charge in [0.1, 0.15) is 5.75 Å². The SMILES string of the molecule is O=Cc1cccc(Br)c1OCCCCl. The van der Waals surface area contributed by atoms with E-state index in [-0.39, 0.29) is 0 Å². The van der Waals surface area contributed by atoms with Crippen molar-refractivity contribution >= 4 is 33.8 Å². The molecule has 76 valence electrons. The summed E-state index contributed by atoms with van der Waals surface area (Å²) in [6.45, 7) is 0.521. The fourth-order valence-corrected chi connectivity index (χ4v) is 1.60. The number of benzene rings is 1. The van der Waals surface area contributed by atoms with Crippen molar-refractivity contribution in [1.82, 2.24) is 0 Å². The molecule has 0 saturated carbocycles. The molecule has 0 amide bonds. The molecule has 0 aliphatic carbocycles. The van der Waals surface area contributed by atoms with Crippen LogP contribution >= 0.6 is 27.5 Å². The molecule has 0 aliphatic heterocycles. The molecular weight excluding hydrogens is 267 g/mol. The molecule has 0 heterocycles. The minimum atomic E-state index is 0.521. The van der Waals surface area contributed by atoms with Gasteiger partial charge in [0.25, 0.3) is 0 Å². The van der Waals surface area contributed by atoms with Gasteiger partial charge in [-0.2, -0.15) is 0 Å². The summed E-state index contributed by atoms with van der Waals surface area (Å²) in [4.78, 5) is 10.7. The number of hydrogen-bond acceptors (Lipinski definition) is 2. The predicted molar refractivity (Wildman–Crippen MR) is 60.4 cm³/mol. The predicted octanol–water partition coefficient (Wildman–Crippen LogP) is 3.27. The lowest BCUT2D eigenvalue weighted by atomic mass is 10.2. The fourth-order valence-electron chi connectivity index (χ4n) is 0.999. The Balaban J connectivity index is 2.77. The molecule has 2 nitrogen and oxygen atoms in total. The standard InChI is InChI=1S/C10H10BrClO2/c11-9-4-1-3-8(7-13)10(9)14-6-2-5-12/h1,3-4,7H,2,5-6H2. The zero-order valence-corrected chi connectivity index (χ0v) is 9.85. The van der Waals surface area contributed by atoms with Crippen molar-refractivity contribution in [3.63, 3.8) is 0 Å². The van der Waals surface area contributed by atoms with Crippen LogP contribution in [0.2, 0.25) is 0 Å². The van der Waals surface area contributed by atoms with Crippen LogP contribution in [-0.4, -0.2) is 18.8 Å². The van der Waals surface area contributed by atoms with Crippen LogP contribution in [0.1, 0.15) is 16.8 Å². The number of carbonyl (C=O) groups excluding carboxylic acids is 1. The first-order valence-corrected chi connectivity index (χ1v) is 5.54. The van der Waals surface area contributed by atoms with Crippen LogP contribution in [0, 0.1) is 0 Å². The zero-order valence-electron chi connectivity index (χ0n) is 7.50. The minimum Gasteiger partial charge on any atom is -0.492 e. The molecule has 0 spiro atoms. The molecule has 4 heteroatoms. The highest BCUT2D eigenvalue weighted by atomic mass is 79.9. The van der Waals surface area contributed by atoms with Crippen molar-refractivity contribution in [1.29, 1.82) is 0 Å². The molecule has 0 saturated heterocycles. The highest BCUT2D eigenvalue weighted by molar-refractivity contribution is 9.10. The summed E-state index contributed by atoms with van der Waals surface area (Å²) in [5.41, 5.74) is 0.550. The number of hydrogen-bond donors (Lipinski definition) is 0. The van der Waals surface area contributed by atoms with Gasteiger partial charge in [0, 0.05) is 5.88 Å². The van der Waals surface area contributed by atoms with Crippen LogP contribution in [-0.2, 0) is 0 Å². The minimum absolute atomic E-state index is 0.521. The lowest BCUT2D eigenvalue weighted by Gasteiger charge is -2.09. The molecule has 0 aromatic heterocycles. The van der Waals surface area contributed by atoms with Crippen LogP contribution < -0.4 is 4.74 Å². The zero-order chi connectivity index (χ0) is 10.4. The maximum atomic E-state index is 10.7. The van der Waals surface area contributed by atoms with Gasteiger partial charge >= 0.3 is 0 Å². The van der Waals surface area contributed by atoms with Gasteiger partial charge in [-0.1, -0.05) is 6.07 Å². The van der Waals surface area contributed by atoms with E-state index in [9.17, 15) is 4.79 Å². The Labute approximate surface area is 96.3 Å². The molecule has 1 aromatic carbocycles. The first-order chi connectivity index (χ1) is 6.79. The van der Waals surface area contributed by atoms with Crippen LogP contribution in [0.5, 0.6) is 5.75 Å². The van der Waals surface area contributed by atoms with Gasteiger partial charge in [-0.25, -0.2) is 0 Å². The maximum Gasteiger partial charge on any atom is 0.153 e. The second-order valence-electron chi connectivity index (χ2n) is 2.67. The summed E-state index contributed by atoms with van der Waals surface area (Å²) in [6, 6.07) is 5.35. The van der Waals surface area contributed by atoms with E-state index in [0.29, 0.717) is 23.8 Å². The van der Waals surface area contributed by atoms with E-state index in [4.69, 9.17) is 16.3 Å². The Morgan fingerprint density at radius 2 is 2.29 bits per heavy atom. The Morgan fingerprint density at radius 3 is 2.93 bits per heavy atom. The number of para-hydroxylation sites is 1. The number of alkyl halides is 1. The summed E-state index contributed by atoms with van der Waals surface area (Å²) < 4.78 is 6.23. The largest absolute Gasteiger partial charge is 0.492 e. The van der Waals surface area contributed by atoms with Crippen molar-refractivity contribution in [3.8, 4) is 5.75 Å². The molecule has 0 fully saturated rings. The van der Waals surface area contributed by atoms with Crippen LogP contribution in [0.25, 0.3) is 0 Å². The monoisotopic (exact) mass is 276 g/mol. The maximum absolute atomic E-state index is 10.7. The normalized spacial score (nSPS) is 9.86. The average Bonchev–Trinajstić information content (AvgIpc) is 2.20. The second-order valence-corrected chi connectivity index (χ2v) is 3.90. The van der Waals surface area contributed by atoms with Gasteiger partial charge in [-0.3, -0.25) is 4.79 Å². The van der Waals surface area contributed by atoms with E-state index in [2.05, 4.69) is 15.9 Å². The number of aldehydes is 1. The van der Waals surface area contributed by atoms with Crippen molar-refractivity contribution < 1.29 is 9.53 Å². The van der Waals surface area contributed by atoms with Crippen LogP contribution in [0.4, 0.5) is 0 Å². The molecule has 0 atom stereocenters. The highest BCUT2D eigenvalue weighted by Gasteiger charge is 2.06. The molecule has 0 bridgehead atoms. The summed E-state index contributed by atoms with van der Waals surface area (Å²) in [5, 5.41) is 0. The summed E-state index contributed by atoms with van der Waals surface area (Å²) >= 11 is 8.84. The summed E-state index contributed by atoms with van der Waals surface area (Å²) in [7, 11) is 0. The Bertz CT molecular complexity index is 315. The molecule has 0 unspecified atom stereocenters. The molecule has 14 heavy (non-hydrogen) atoms. The first-order valence-electron chi connectivity index (χ1n) is 4.22. The lowest BCUT2D eigenvalue weighted by Crippen LogP contribution is -2.01. The number of carbonyl (C=O) groups is 1. The number of ether oxygens (including phenoxy) is 1. The van der Waals surface area contributed by atoms with Crippen LogP contribution in [0.3, 0.4) is 0 Å². The van der Waals surface area contributed by atoms with E-state index in [1.165, 1.54) is 0 Å². The smallest absolute Gasteiger partial charge is 0.153 e. The van der Waals surface area contributed by atoms with E-state index < -0.39 is 0 Å². The lowest BCUT2D eigenvalue weighted by molar-refractivity contribution is 0.111. The molecule has 1 rings (SSSR count). The number of halogens is 2. The first kappa shape index (κ1) is 11.5. The van der Waals surface area contributed by atoms with Gasteiger partial charge in [0.05, 0.1) is 16.6 Å². The highest BCUT2D eigenvalue weighted by Crippen LogP contribution is 2.27. The van der Waals surface area contributed by atoms with E-state index in [0.717, 1.165) is 17.2 Å². The quantitative estimate of drug-likeness (QED) is 0.469. The van der Waals surface area contributed by atoms with E-state index in [1.807, 2.05) is 6.07 Å². The van der Waals surface area contributed by atoms with Crippen molar-refractivity contribution in [3.05, 3.63) is 28.2 Å².